The third-order valence-electron chi connectivity index (χ3n) is 6.82. The highest BCUT2D eigenvalue weighted by molar-refractivity contribution is 6.35. The fourth-order valence-corrected chi connectivity index (χ4v) is 4.71. The highest BCUT2D eigenvalue weighted by atomic mass is 19.1. The number of likely N-dealkylation sites (tertiary alicyclic amines) is 1. The van der Waals surface area contributed by atoms with E-state index in [9.17, 15) is 23.9 Å². The van der Waals surface area contributed by atoms with Crippen LogP contribution in [-0.4, -0.2) is 58.0 Å². The van der Waals surface area contributed by atoms with Gasteiger partial charge in [0.05, 0.1) is 5.60 Å². The number of carbonyl (C=O) groups is 3. The molecule has 3 N–H and O–H groups in total. The van der Waals surface area contributed by atoms with Crippen LogP contribution in [0.25, 0.3) is 0 Å². The number of halogens is 1. The maximum atomic E-state index is 15.0. The number of amides is 4. The molecule has 0 aliphatic carbocycles. The zero-order valence-corrected chi connectivity index (χ0v) is 20.7. The molecule has 9 heteroatoms. The van der Waals surface area contributed by atoms with Gasteiger partial charge >= 0.3 is 17.8 Å². The smallest absolute Gasteiger partial charge is 0.322 e. The Labute approximate surface area is 210 Å². The predicted octanol–water partition coefficient (Wildman–Crippen LogP) is 3.36. The summed E-state index contributed by atoms with van der Waals surface area (Å²) in [5, 5.41) is 15.1. The number of hydrogen-bond donors (Lipinski definition) is 3. The van der Waals surface area contributed by atoms with Crippen molar-refractivity contribution >= 4 is 23.5 Å². The van der Waals surface area contributed by atoms with Gasteiger partial charge in [-0.05, 0) is 67.9 Å². The zero-order chi connectivity index (χ0) is 25.9. The third kappa shape index (κ3) is 6.20. The van der Waals surface area contributed by atoms with E-state index in [4.69, 9.17) is 0 Å². The molecule has 8 nitrogen and oxygen atoms in total. The number of piperidine rings is 1. The molecule has 0 spiro atoms. The van der Waals surface area contributed by atoms with E-state index < -0.39 is 23.2 Å². The number of hydrogen-bond acceptors (Lipinski definition) is 4. The van der Waals surface area contributed by atoms with Crippen LogP contribution in [0.4, 0.5) is 14.9 Å². The first-order valence-corrected chi connectivity index (χ1v) is 12.3. The quantitative estimate of drug-likeness (QED) is 0.553. The summed E-state index contributed by atoms with van der Waals surface area (Å²) < 4.78 is 15.0. The van der Waals surface area contributed by atoms with Crippen molar-refractivity contribution in [2.45, 2.75) is 57.7 Å². The summed E-state index contributed by atoms with van der Waals surface area (Å²) in [5.74, 6) is -1.77. The lowest BCUT2D eigenvalue weighted by Gasteiger charge is -2.32. The summed E-state index contributed by atoms with van der Waals surface area (Å²) in [5.41, 5.74) is 2.25. The lowest BCUT2D eigenvalue weighted by atomic mass is 9.89. The molecule has 0 atom stereocenters. The molecule has 4 rings (SSSR count). The van der Waals surface area contributed by atoms with Gasteiger partial charge in [-0.15, -0.1) is 0 Å². The van der Waals surface area contributed by atoms with Crippen LogP contribution < -0.4 is 10.6 Å². The first-order chi connectivity index (χ1) is 17.1. The Balaban J connectivity index is 1.27. The predicted molar refractivity (Wildman–Crippen MR) is 134 cm³/mol. The summed E-state index contributed by atoms with van der Waals surface area (Å²) in [6.45, 7) is 5.25. The van der Waals surface area contributed by atoms with Crippen molar-refractivity contribution in [1.29, 1.82) is 0 Å². The van der Waals surface area contributed by atoms with E-state index in [1.54, 1.807) is 30.9 Å². The molecule has 0 aromatic heterocycles. The number of carbonyl (C=O) groups excluding carboxylic acids is 3. The molecule has 0 bridgehead atoms. The van der Waals surface area contributed by atoms with E-state index in [0.29, 0.717) is 56.7 Å². The van der Waals surface area contributed by atoms with Crippen molar-refractivity contribution < 1.29 is 23.9 Å². The molecule has 1 saturated heterocycles. The van der Waals surface area contributed by atoms with Crippen molar-refractivity contribution in [2.24, 2.45) is 0 Å². The molecule has 2 aromatic rings. The summed E-state index contributed by atoms with van der Waals surface area (Å²) in [4.78, 5) is 40.4. The molecule has 192 valence electrons. The van der Waals surface area contributed by atoms with Crippen LogP contribution in [0.5, 0.6) is 0 Å². The highest BCUT2D eigenvalue weighted by Crippen LogP contribution is 2.31. The number of aliphatic hydroxyl groups is 1. The molecular weight excluding hydrogens is 463 g/mol. The van der Waals surface area contributed by atoms with Gasteiger partial charge in [-0.1, -0.05) is 30.3 Å². The van der Waals surface area contributed by atoms with Gasteiger partial charge in [-0.2, -0.15) is 0 Å². The molecule has 4 amide bonds. The Kier molecular flexibility index (Phi) is 7.59. The fourth-order valence-electron chi connectivity index (χ4n) is 4.71. The highest BCUT2D eigenvalue weighted by Gasteiger charge is 2.29. The van der Waals surface area contributed by atoms with E-state index in [-0.39, 0.29) is 18.5 Å². The summed E-state index contributed by atoms with van der Waals surface area (Å²) in [7, 11) is 0. The van der Waals surface area contributed by atoms with Crippen LogP contribution in [-0.2, 0) is 22.7 Å². The second kappa shape index (κ2) is 10.7. The Bertz CT molecular complexity index is 1110. The van der Waals surface area contributed by atoms with Gasteiger partial charge in [0.25, 0.3) is 0 Å². The average Bonchev–Trinajstić information content (AvgIpc) is 3.28. The normalized spacial score (nSPS) is 16.0. The molecule has 0 unspecified atom stereocenters. The van der Waals surface area contributed by atoms with E-state index in [2.05, 4.69) is 10.6 Å². The number of urea groups is 1. The van der Waals surface area contributed by atoms with Crippen molar-refractivity contribution in [3.63, 3.8) is 0 Å². The van der Waals surface area contributed by atoms with Crippen molar-refractivity contribution in [2.75, 3.05) is 25.0 Å². The maximum absolute atomic E-state index is 15.0. The van der Waals surface area contributed by atoms with Gasteiger partial charge in [-0.3, -0.25) is 9.59 Å². The van der Waals surface area contributed by atoms with Crippen LogP contribution in [0.15, 0.2) is 42.5 Å². The Morgan fingerprint density at radius 2 is 1.67 bits per heavy atom. The molecule has 2 heterocycles. The molecule has 0 saturated carbocycles. The fraction of sp³-hybridized carbons (Fsp3) is 0.444. The number of nitrogens with one attached hydrogen (secondary N) is 2. The van der Waals surface area contributed by atoms with Gasteiger partial charge in [0.1, 0.15) is 5.82 Å². The Morgan fingerprint density at radius 3 is 2.25 bits per heavy atom. The summed E-state index contributed by atoms with van der Waals surface area (Å²) in [6.07, 6.45) is 1.42. The van der Waals surface area contributed by atoms with Gasteiger partial charge < -0.3 is 25.5 Å². The monoisotopic (exact) mass is 496 g/mol. The lowest BCUT2D eigenvalue weighted by Crippen LogP contribution is -2.46. The number of fused-ring (bicyclic) bond motifs is 1. The SMILES string of the molecule is CC(C)(O)CCNC(=O)C(=O)N1CCC(c2ccc(NC(=O)N3Cc4ccccc4C3)cc2F)CC1. The topological polar surface area (TPSA) is 102 Å². The van der Waals surface area contributed by atoms with Gasteiger partial charge in [0.15, 0.2) is 0 Å². The van der Waals surface area contributed by atoms with Crippen molar-refractivity contribution in [3.05, 3.63) is 65.0 Å². The van der Waals surface area contributed by atoms with Crippen molar-refractivity contribution in [1.82, 2.24) is 15.1 Å². The van der Waals surface area contributed by atoms with Crippen LogP contribution >= 0.6 is 0 Å². The number of anilines is 1. The molecule has 2 aliphatic rings. The number of benzene rings is 2. The minimum absolute atomic E-state index is 0.0786. The summed E-state index contributed by atoms with van der Waals surface area (Å²) >= 11 is 0. The second-order valence-electron chi connectivity index (χ2n) is 10.2. The van der Waals surface area contributed by atoms with Crippen molar-refractivity contribution in [3.8, 4) is 0 Å². The second-order valence-corrected chi connectivity index (χ2v) is 10.2. The first kappa shape index (κ1) is 25.6. The standard InChI is InChI=1S/C27H33FN4O4/c1-27(2,36)11-12-29-24(33)25(34)31-13-9-18(10-14-31)22-8-7-21(15-23(22)28)30-26(35)32-16-19-5-3-4-6-20(19)17-32/h3-8,15,18,36H,9-14,16-17H2,1-2H3,(H,29,33)(H,30,35). The van der Waals surface area contributed by atoms with Crippen LogP contribution in [0.2, 0.25) is 0 Å². The zero-order valence-electron chi connectivity index (χ0n) is 20.7. The molecule has 36 heavy (non-hydrogen) atoms. The summed E-state index contributed by atoms with van der Waals surface area (Å²) in [6, 6.07) is 12.4. The molecular formula is C27H33FN4O4. The first-order valence-electron chi connectivity index (χ1n) is 12.3. The van der Waals surface area contributed by atoms with Crippen LogP contribution in [0, 0.1) is 5.82 Å². The van der Waals surface area contributed by atoms with Crippen LogP contribution in [0.1, 0.15) is 55.7 Å². The van der Waals surface area contributed by atoms with E-state index in [1.807, 2.05) is 24.3 Å². The van der Waals surface area contributed by atoms with Gasteiger partial charge in [-0.25, -0.2) is 9.18 Å². The Hall–Kier alpha value is -3.46. The minimum atomic E-state index is -0.920. The minimum Gasteiger partial charge on any atom is -0.390 e. The molecule has 1 fully saturated rings. The number of nitrogens with zero attached hydrogens (tertiary/aromatic N) is 2. The van der Waals surface area contributed by atoms with Gasteiger partial charge in [0, 0.05) is 38.4 Å². The number of rotatable bonds is 5. The largest absolute Gasteiger partial charge is 0.390 e. The third-order valence-corrected chi connectivity index (χ3v) is 6.82. The van der Waals surface area contributed by atoms with E-state index in [1.165, 1.54) is 11.0 Å². The lowest BCUT2D eigenvalue weighted by molar-refractivity contribution is -0.146. The van der Waals surface area contributed by atoms with Crippen LogP contribution in [0.3, 0.4) is 0 Å². The van der Waals surface area contributed by atoms with E-state index >= 15 is 0 Å². The van der Waals surface area contributed by atoms with Gasteiger partial charge in [0.2, 0.25) is 0 Å². The molecule has 2 aromatic carbocycles. The molecule has 0 radical (unpaired) electrons. The molecule has 2 aliphatic heterocycles. The maximum Gasteiger partial charge on any atom is 0.322 e. The average molecular weight is 497 g/mol. The Morgan fingerprint density at radius 1 is 1.03 bits per heavy atom. The van der Waals surface area contributed by atoms with E-state index in [0.717, 1.165) is 11.1 Å².